The van der Waals surface area contributed by atoms with E-state index in [0.717, 1.165) is 24.3 Å². The zero-order valence-electron chi connectivity index (χ0n) is 25.3. The van der Waals surface area contributed by atoms with E-state index in [4.69, 9.17) is 9.47 Å². The third kappa shape index (κ3) is 8.54. The lowest BCUT2D eigenvalue weighted by atomic mass is 9.80. The maximum absolute atomic E-state index is 12.9. The predicted octanol–water partition coefficient (Wildman–Crippen LogP) is 4.25. The average Bonchev–Trinajstić information content (AvgIpc) is 3.04. The molecule has 0 bridgehead atoms. The van der Waals surface area contributed by atoms with Crippen LogP contribution >= 0.6 is 0 Å². The van der Waals surface area contributed by atoms with Crippen LogP contribution in [0.5, 0.6) is 57.5 Å². The normalized spacial score (nSPS) is 12.2. The summed E-state index contributed by atoms with van der Waals surface area (Å²) in [5.74, 6) is -8.67. The Balaban J connectivity index is 1.57. The third-order valence-corrected chi connectivity index (χ3v) is 7.73. The molecule has 0 saturated carbocycles. The third-order valence-electron chi connectivity index (χ3n) is 7.73. The Morgan fingerprint density at radius 1 is 0.500 bits per heavy atom. The van der Waals surface area contributed by atoms with E-state index >= 15 is 0 Å². The maximum atomic E-state index is 12.9. The molecule has 0 heterocycles. The highest BCUT2D eigenvalue weighted by atomic mass is 16.5. The van der Waals surface area contributed by atoms with Crippen molar-refractivity contribution >= 4 is 11.9 Å². The predicted molar refractivity (Wildman–Crippen MR) is 167 cm³/mol. The first kappa shape index (κ1) is 34.7. The van der Waals surface area contributed by atoms with Crippen molar-refractivity contribution in [3.8, 4) is 57.5 Å². The molecule has 0 aliphatic heterocycles. The Morgan fingerprint density at radius 2 is 0.917 bits per heavy atom. The van der Waals surface area contributed by atoms with Gasteiger partial charge in [-0.25, -0.2) is 9.59 Å². The number of carbonyl (C=O) groups is 2. The van der Waals surface area contributed by atoms with Crippen LogP contribution < -0.4 is 0 Å². The van der Waals surface area contributed by atoms with E-state index in [-0.39, 0.29) is 72.5 Å². The topological polar surface area (TPSA) is 255 Å². The van der Waals surface area contributed by atoms with Crippen molar-refractivity contribution in [1.29, 1.82) is 0 Å². The van der Waals surface area contributed by atoms with Crippen molar-refractivity contribution in [3.05, 3.63) is 82.9 Å². The fourth-order valence-corrected chi connectivity index (χ4v) is 5.17. The summed E-state index contributed by atoms with van der Waals surface area (Å²) in [6.45, 7) is -0.374. The van der Waals surface area contributed by atoms with E-state index in [0.29, 0.717) is 17.5 Å². The number of phenolic OH excluding ortho intramolecular Hbond substituents is 10. The van der Waals surface area contributed by atoms with Crippen molar-refractivity contribution in [2.45, 2.75) is 25.7 Å². The summed E-state index contributed by atoms with van der Waals surface area (Å²) >= 11 is 0. The molecule has 0 fully saturated rings. The monoisotopic (exact) mass is 666 g/mol. The van der Waals surface area contributed by atoms with Gasteiger partial charge in [-0.05, 0) is 91.3 Å². The average molecular weight is 667 g/mol. The van der Waals surface area contributed by atoms with E-state index < -0.39 is 52.4 Å². The van der Waals surface area contributed by atoms with Gasteiger partial charge >= 0.3 is 11.9 Å². The van der Waals surface area contributed by atoms with Crippen LogP contribution in [0.3, 0.4) is 0 Å². The SMILES string of the molecule is O=C(OCCC[C@H](Cc1ccc(O)c(O)c1)[C@H](COC(=O)c1cc(O)c(O)c(O)c1)Cc1ccc(O)c(O)c1)c1cc(O)c(O)c(O)c1. The van der Waals surface area contributed by atoms with Gasteiger partial charge in [0.05, 0.1) is 24.3 Å². The van der Waals surface area contributed by atoms with Crippen molar-refractivity contribution in [1.82, 2.24) is 0 Å². The summed E-state index contributed by atoms with van der Waals surface area (Å²) in [6, 6.07) is 12.2. The molecule has 48 heavy (non-hydrogen) atoms. The number of benzene rings is 4. The van der Waals surface area contributed by atoms with E-state index in [2.05, 4.69) is 0 Å². The van der Waals surface area contributed by atoms with E-state index in [1.807, 2.05) is 0 Å². The van der Waals surface area contributed by atoms with E-state index in [9.17, 15) is 60.7 Å². The minimum absolute atomic E-state index is 0.128. The number of hydrogen-bond donors (Lipinski definition) is 10. The molecule has 14 heteroatoms. The van der Waals surface area contributed by atoms with Gasteiger partial charge in [-0.15, -0.1) is 0 Å². The van der Waals surface area contributed by atoms with Crippen LogP contribution in [0.4, 0.5) is 0 Å². The quantitative estimate of drug-likeness (QED) is 0.0544. The zero-order valence-corrected chi connectivity index (χ0v) is 25.3. The molecule has 0 aliphatic carbocycles. The molecule has 2 atom stereocenters. The Labute approximate surface area is 273 Å². The lowest BCUT2D eigenvalue weighted by molar-refractivity contribution is 0.0361. The molecule has 4 aromatic carbocycles. The lowest BCUT2D eigenvalue weighted by Crippen LogP contribution is -2.26. The Morgan fingerprint density at radius 3 is 1.35 bits per heavy atom. The van der Waals surface area contributed by atoms with Gasteiger partial charge in [-0.2, -0.15) is 0 Å². The molecule has 0 spiro atoms. The van der Waals surface area contributed by atoms with Gasteiger partial charge in [0.25, 0.3) is 0 Å². The van der Waals surface area contributed by atoms with Crippen LogP contribution in [0.15, 0.2) is 60.7 Å². The molecule has 0 radical (unpaired) electrons. The number of carbonyl (C=O) groups excluding carboxylic acids is 2. The first-order valence-corrected chi connectivity index (χ1v) is 14.6. The Hall–Kier alpha value is -6.18. The molecule has 0 amide bonds. The summed E-state index contributed by atoms with van der Waals surface area (Å²) < 4.78 is 10.9. The van der Waals surface area contributed by atoms with Gasteiger partial charge in [0.1, 0.15) is 0 Å². The van der Waals surface area contributed by atoms with Gasteiger partial charge in [-0.3, -0.25) is 0 Å². The van der Waals surface area contributed by atoms with Crippen LogP contribution in [0.2, 0.25) is 0 Å². The molecule has 254 valence electrons. The summed E-state index contributed by atoms with van der Waals surface area (Å²) in [7, 11) is 0. The highest BCUT2D eigenvalue weighted by Crippen LogP contribution is 2.37. The number of esters is 2. The molecule has 0 aliphatic rings. The summed E-state index contributed by atoms with van der Waals surface area (Å²) in [5, 5.41) is 98.1. The van der Waals surface area contributed by atoms with Gasteiger partial charge in [0.15, 0.2) is 57.5 Å². The molecule has 4 rings (SSSR count). The Kier molecular flexibility index (Phi) is 10.8. The molecule has 4 aromatic rings. The molecular formula is C34H34O14. The van der Waals surface area contributed by atoms with Gasteiger partial charge < -0.3 is 60.5 Å². The van der Waals surface area contributed by atoms with Crippen molar-refractivity contribution in [3.63, 3.8) is 0 Å². The second-order valence-electron chi connectivity index (χ2n) is 11.2. The Bertz CT molecular complexity index is 1760. The molecular weight excluding hydrogens is 632 g/mol. The highest BCUT2D eigenvalue weighted by Gasteiger charge is 2.26. The number of phenols is 10. The van der Waals surface area contributed by atoms with Crippen molar-refractivity contribution < 1.29 is 70.1 Å². The largest absolute Gasteiger partial charge is 0.504 e. The highest BCUT2D eigenvalue weighted by molar-refractivity contribution is 5.91. The first-order valence-electron chi connectivity index (χ1n) is 14.6. The van der Waals surface area contributed by atoms with E-state index in [1.165, 1.54) is 24.3 Å². The fraction of sp³-hybridized carbons (Fsp3) is 0.235. The summed E-state index contributed by atoms with van der Waals surface area (Å²) in [4.78, 5) is 25.5. The van der Waals surface area contributed by atoms with Crippen molar-refractivity contribution in [2.75, 3.05) is 13.2 Å². The molecule has 0 saturated heterocycles. The van der Waals surface area contributed by atoms with Crippen LogP contribution in [-0.2, 0) is 22.3 Å². The number of rotatable bonds is 13. The molecule has 0 unspecified atom stereocenters. The van der Waals surface area contributed by atoms with Crippen molar-refractivity contribution in [2.24, 2.45) is 11.8 Å². The number of hydrogen-bond acceptors (Lipinski definition) is 14. The van der Waals surface area contributed by atoms with Gasteiger partial charge in [-0.1, -0.05) is 12.1 Å². The molecule has 0 aromatic heterocycles. The number of aromatic hydroxyl groups is 10. The van der Waals surface area contributed by atoms with Crippen LogP contribution in [0, 0.1) is 11.8 Å². The van der Waals surface area contributed by atoms with E-state index in [1.54, 1.807) is 12.1 Å². The standard InChI is InChI=1S/C34H34O14/c35-23-5-3-17(10-25(23)37)8-19(2-1-7-47-33(45)20-12-27(39)31(43)28(40)13-20)22(9-18-4-6-24(36)26(38)11-18)16-48-34(46)21-14-29(41)32(44)30(42)15-21/h3-6,10-15,19,22,35-44H,1-2,7-9,16H2/t19-,22+/m1/s1. The zero-order chi connectivity index (χ0) is 35.1. The maximum Gasteiger partial charge on any atom is 0.338 e. The first-order chi connectivity index (χ1) is 22.7. The molecule has 10 N–H and O–H groups in total. The fourth-order valence-electron chi connectivity index (χ4n) is 5.17. The smallest absolute Gasteiger partial charge is 0.338 e. The van der Waals surface area contributed by atoms with Gasteiger partial charge in [0.2, 0.25) is 0 Å². The second kappa shape index (κ2) is 14.9. The minimum atomic E-state index is -0.936. The van der Waals surface area contributed by atoms with Gasteiger partial charge in [0, 0.05) is 5.92 Å². The molecule has 14 nitrogen and oxygen atoms in total. The lowest BCUT2D eigenvalue weighted by Gasteiger charge is -2.28. The summed E-state index contributed by atoms with van der Waals surface area (Å²) in [5.41, 5.74) is 0.702. The van der Waals surface area contributed by atoms with Crippen LogP contribution in [0.25, 0.3) is 0 Å². The summed E-state index contributed by atoms with van der Waals surface area (Å²) in [6.07, 6.45) is 1.03. The minimum Gasteiger partial charge on any atom is -0.504 e. The van der Waals surface area contributed by atoms with Crippen LogP contribution in [0.1, 0.15) is 44.7 Å². The number of ether oxygens (including phenoxy) is 2. The second-order valence-corrected chi connectivity index (χ2v) is 11.2. The van der Waals surface area contributed by atoms with Crippen LogP contribution in [-0.4, -0.2) is 76.2 Å².